The summed E-state index contributed by atoms with van der Waals surface area (Å²) in [5.41, 5.74) is 3.16. The molecule has 1 amide bonds. The van der Waals surface area contributed by atoms with Crippen molar-refractivity contribution in [2.45, 2.75) is 45.2 Å². The predicted molar refractivity (Wildman–Crippen MR) is 94.2 cm³/mol. The molecule has 1 atom stereocenters. The lowest BCUT2D eigenvalue weighted by atomic mass is 9.83. The molecule has 2 aliphatic heterocycles. The van der Waals surface area contributed by atoms with E-state index in [0.717, 1.165) is 38.9 Å². The highest BCUT2D eigenvalue weighted by Crippen LogP contribution is 2.39. The second kappa shape index (κ2) is 6.67. The van der Waals surface area contributed by atoms with Gasteiger partial charge in [-0.2, -0.15) is 0 Å². The van der Waals surface area contributed by atoms with Gasteiger partial charge in [-0.05, 0) is 38.7 Å². The Morgan fingerprint density at radius 3 is 2.80 bits per heavy atom. The molecule has 4 heterocycles. The van der Waals surface area contributed by atoms with Gasteiger partial charge in [-0.25, -0.2) is 4.98 Å². The Balaban J connectivity index is 1.49. The second-order valence-electron chi connectivity index (χ2n) is 7.43. The van der Waals surface area contributed by atoms with Gasteiger partial charge in [-0.3, -0.25) is 9.69 Å². The number of amides is 1. The minimum absolute atomic E-state index is 0.0806. The van der Waals surface area contributed by atoms with Crippen LogP contribution in [0.5, 0.6) is 0 Å². The van der Waals surface area contributed by atoms with Crippen LogP contribution in [0.25, 0.3) is 0 Å². The van der Waals surface area contributed by atoms with Crippen molar-refractivity contribution in [3.63, 3.8) is 0 Å². The van der Waals surface area contributed by atoms with E-state index in [1.165, 1.54) is 17.7 Å². The molecular weight excluding hydrogens is 316 g/mol. The van der Waals surface area contributed by atoms with Crippen LogP contribution in [0.1, 0.15) is 54.5 Å². The molecule has 2 aliphatic rings. The summed E-state index contributed by atoms with van der Waals surface area (Å²) < 4.78 is 5.05. The molecule has 0 aliphatic carbocycles. The van der Waals surface area contributed by atoms with Crippen LogP contribution >= 0.6 is 0 Å². The normalized spacial score (nSPS) is 22.4. The van der Waals surface area contributed by atoms with Gasteiger partial charge in [0.1, 0.15) is 6.26 Å². The molecule has 0 radical (unpaired) electrons. The molecule has 25 heavy (non-hydrogen) atoms. The third-order valence-corrected chi connectivity index (χ3v) is 5.71. The molecule has 1 saturated heterocycles. The van der Waals surface area contributed by atoms with Crippen LogP contribution in [-0.4, -0.2) is 51.4 Å². The van der Waals surface area contributed by atoms with Gasteiger partial charge < -0.3 is 14.3 Å². The van der Waals surface area contributed by atoms with Crippen molar-refractivity contribution < 1.29 is 9.21 Å². The summed E-state index contributed by atoms with van der Waals surface area (Å²) in [6.45, 7) is 7.21. The van der Waals surface area contributed by atoms with Crippen LogP contribution in [-0.2, 0) is 6.42 Å². The first-order valence-corrected chi connectivity index (χ1v) is 9.24. The smallest absolute Gasteiger partial charge is 0.257 e. The number of piperidine rings is 1. The molecule has 2 aromatic heterocycles. The topological polar surface area (TPSA) is 65.4 Å². The van der Waals surface area contributed by atoms with E-state index < -0.39 is 0 Å². The van der Waals surface area contributed by atoms with E-state index in [0.29, 0.717) is 23.6 Å². The van der Waals surface area contributed by atoms with Crippen molar-refractivity contribution in [1.82, 2.24) is 19.8 Å². The van der Waals surface area contributed by atoms with Gasteiger partial charge in [0.2, 0.25) is 0 Å². The maximum absolute atomic E-state index is 12.5. The van der Waals surface area contributed by atoms with Crippen molar-refractivity contribution in [3.05, 3.63) is 41.9 Å². The number of carbonyl (C=O) groups excluding carboxylic acids is 1. The molecule has 1 N–H and O–H groups in total. The van der Waals surface area contributed by atoms with E-state index in [4.69, 9.17) is 4.42 Å². The lowest BCUT2D eigenvalue weighted by Crippen LogP contribution is -2.47. The standard InChI is InChI=1S/C19H26N4O2/c1-13(2)23-9-5-16-17(21-12-20-16)18(23)14-3-7-22(8-4-14)19(24)15-6-10-25-11-15/h6,10-14,18H,3-5,7-9H2,1-2H3,(H,20,21). The Morgan fingerprint density at radius 2 is 2.12 bits per heavy atom. The predicted octanol–water partition coefficient (Wildman–Crippen LogP) is 2.86. The molecule has 4 rings (SSSR count). The summed E-state index contributed by atoms with van der Waals surface area (Å²) in [7, 11) is 0. The average molecular weight is 342 g/mol. The third-order valence-electron chi connectivity index (χ3n) is 5.71. The van der Waals surface area contributed by atoms with E-state index in [9.17, 15) is 4.79 Å². The highest BCUT2D eigenvalue weighted by molar-refractivity contribution is 5.93. The molecule has 0 bridgehead atoms. The number of nitrogens with zero attached hydrogens (tertiary/aromatic N) is 3. The molecule has 1 unspecified atom stereocenters. The zero-order valence-corrected chi connectivity index (χ0v) is 14.9. The number of aromatic amines is 1. The Labute approximate surface area is 148 Å². The minimum Gasteiger partial charge on any atom is -0.472 e. The van der Waals surface area contributed by atoms with Gasteiger partial charge in [0.05, 0.1) is 29.9 Å². The quantitative estimate of drug-likeness (QED) is 0.931. The summed E-state index contributed by atoms with van der Waals surface area (Å²) in [5, 5.41) is 0. The molecule has 134 valence electrons. The first-order chi connectivity index (χ1) is 12.1. The van der Waals surface area contributed by atoms with E-state index >= 15 is 0 Å². The van der Waals surface area contributed by atoms with Crippen molar-refractivity contribution in [3.8, 4) is 0 Å². The number of nitrogens with one attached hydrogen (secondary N) is 1. The monoisotopic (exact) mass is 342 g/mol. The van der Waals surface area contributed by atoms with Crippen LogP contribution in [0.4, 0.5) is 0 Å². The van der Waals surface area contributed by atoms with Gasteiger partial charge in [-0.1, -0.05) is 0 Å². The average Bonchev–Trinajstić information content (AvgIpc) is 3.31. The van der Waals surface area contributed by atoms with Crippen LogP contribution in [0.15, 0.2) is 29.3 Å². The molecular formula is C19H26N4O2. The van der Waals surface area contributed by atoms with Crippen molar-refractivity contribution in [2.24, 2.45) is 5.92 Å². The highest BCUT2D eigenvalue weighted by Gasteiger charge is 2.38. The Morgan fingerprint density at radius 1 is 1.32 bits per heavy atom. The number of furan rings is 1. The number of hydrogen-bond donors (Lipinski definition) is 1. The number of rotatable bonds is 3. The number of fused-ring (bicyclic) bond motifs is 1. The summed E-state index contributed by atoms with van der Waals surface area (Å²) >= 11 is 0. The fourth-order valence-corrected chi connectivity index (χ4v) is 4.38. The van der Waals surface area contributed by atoms with E-state index in [1.54, 1.807) is 12.3 Å². The number of hydrogen-bond acceptors (Lipinski definition) is 4. The number of likely N-dealkylation sites (tertiary alicyclic amines) is 1. The summed E-state index contributed by atoms with van der Waals surface area (Å²) in [4.78, 5) is 25.0. The van der Waals surface area contributed by atoms with Gasteiger partial charge in [0.15, 0.2) is 0 Å². The van der Waals surface area contributed by atoms with E-state index in [-0.39, 0.29) is 5.91 Å². The molecule has 1 fully saturated rings. The molecule has 0 spiro atoms. The fraction of sp³-hybridized carbons (Fsp3) is 0.579. The van der Waals surface area contributed by atoms with E-state index in [1.807, 2.05) is 11.2 Å². The zero-order valence-electron chi connectivity index (χ0n) is 14.9. The van der Waals surface area contributed by atoms with Crippen molar-refractivity contribution in [1.29, 1.82) is 0 Å². The van der Waals surface area contributed by atoms with Gasteiger partial charge in [0.25, 0.3) is 5.91 Å². The largest absolute Gasteiger partial charge is 0.472 e. The molecule has 6 nitrogen and oxygen atoms in total. The Kier molecular flexibility index (Phi) is 4.37. The summed E-state index contributed by atoms with van der Waals surface area (Å²) in [6.07, 6.45) is 8.00. The number of aromatic nitrogens is 2. The maximum Gasteiger partial charge on any atom is 0.257 e. The molecule has 0 saturated carbocycles. The molecule has 2 aromatic rings. The SMILES string of the molecule is CC(C)N1CCc2[nH]cnc2C1C1CCN(C(=O)c2ccoc2)CC1. The number of H-pyrrole nitrogens is 1. The van der Waals surface area contributed by atoms with Crippen LogP contribution in [0, 0.1) is 5.92 Å². The second-order valence-corrected chi connectivity index (χ2v) is 7.43. The van der Waals surface area contributed by atoms with Crippen LogP contribution in [0.3, 0.4) is 0 Å². The van der Waals surface area contributed by atoms with Crippen LogP contribution in [0.2, 0.25) is 0 Å². The molecule has 0 aromatic carbocycles. The first-order valence-electron chi connectivity index (χ1n) is 9.24. The highest BCUT2D eigenvalue weighted by atomic mass is 16.3. The maximum atomic E-state index is 12.5. The lowest BCUT2D eigenvalue weighted by molar-refractivity contribution is 0.0457. The summed E-state index contributed by atoms with van der Waals surface area (Å²) in [6, 6.07) is 2.60. The van der Waals surface area contributed by atoms with Crippen LogP contribution < -0.4 is 0 Å². The number of imidazole rings is 1. The van der Waals surface area contributed by atoms with Crippen molar-refractivity contribution >= 4 is 5.91 Å². The first kappa shape index (κ1) is 16.4. The Hall–Kier alpha value is -2.08. The summed E-state index contributed by atoms with van der Waals surface area (Å²) in [5.74, 6) is 0.621. The lowest BCUT2D eigenvalue weighted by Gasteiger charge is -2.44. The van der Waals surface area contributed by atoms with Gasteiger partial charge in [-0.15, -0.1) is 0 Å². The third kappa shape index (κ3) is 2.99. The minimum atomic E-state index is 0.0806. The van der Waals surface area contributed by atoms with Crippen molar-refractivity contribution in [2.75, 3.05) is 19.6 Å². The fourth-order valence-electron chi connectivity index (χ4n) is 4.38. The van der Waals surface area contributed by atoms with E-state index in [2.05, 4.69) is 28.7 Å². The van der Waals surface area contributed by atoms with Gasteiger partial charge >= 0.3 is 0 Å². The number of carbonyl (C=O) groups is 1. The van der Waals surface area contributed by atoms with Gasteiger partial charge in [0, 0.05) is 37.8 Å². The zero-order chi connectivity index (χ0) is 17.4. The molecule has 6 heteroatoms. The Bertz CT molecular complexity index is 714.